The molecule has 90 valence electrons. The van der Waals surface area contributed by atoms with E-state index in [0.717, 1.165) is 21.0 Å². The summed E-state index contributed by atoms with van der Waals surface area (Å²) in [6.45, 7) is 6.52. The number of nitrogens with zero attached hydrogens (tertiary/aromatic N) is 1. The molecular weight excluding hydrogens is 296 g/mol. The van der Waals surface area contributed by atoms with E-state index in [4.69, 9.17) is 0 Å². The van der Waals surface area contributed by atoms with Crippen LogP contribution in [0.15, 0.2) is 34.1 Å². The molecule has 1 aromatic heterocycles. The molecule has 0 saturated heterocycles. The molecule has 17 heavy (non-hydrogen) atoms. The number of anilines is 2. The quantitative estimate of drug-likeness (QED) is 0.849. The Morgan fingerprint density at radius 3 is 2.35 bits per heavy atom. The minimum absolute atomic E-state index is 0.107. The van der Waals surface area contributed by atoms with E-state index in [1.165, 1.54) is 0 Å². The van der Waals surface area contributed by atoms with Crippen molar-refractivity contribution in [2.24, 2.45) is 0 Å². The van der Waals surface area contributed by atoms with Crippen molar-refractivity contribution in [1.29, 1.82) is 0 Å². The third-order valence-corrected chi connectivity index (χ3v) is 3.65. The Labute approximate surface area is 114 Å². The van der Waals surface area contributed by atoms with Crippen molar-refractivity contribution < 1.29 is 0 Å². The number of nitrogens with one attached hydrogen (secondary N) is 1. The Bertz CT molecular complexity index is 497. The Balaban J connectivity index is 2.14. The SMILES string of the molecule is CC(C)(C)c1csc(Nc2ccc(Br)cc2)n1. The summed E-state index contributed by atoms with van der Waals surface area (Å²) in [7, 11) is 0. The van der Waals surface area contributed by atoms with Crippen LogP contribution in [0.4, 0.5) is 10.8 Å². The lowest BCUT2D eigenvalue weighted by molar-refractivity contribution is 0.573. The summed E-state index contributed by atoms with van der Waals surface area (Å²) in [6, 6.07) is 8.09. The fraction of sp³-hybridized carbons (Fsp3) is 0.308. The summed E-state index contributed by atoms with van der Waals surface area (Å²) in [5, 5.41) is 6.36. The largest absolute Gasteiger partial charge is 0.332 e. The molecule has 0 aliphatic rings. The molecule has 0 fully saturated rings. The first-order chi connectivity index (χ1) is 7.95. The molecule has 4 heteroatoms. The summed E-state index contributed by atoms with van der Waals surface area (Å²) >= 11 is 5.06. The van der Waals surface area contributed by atoms with Gasteiger partial charge in [-0.1, -0.05) is 36.7 Å². The van der Waals surface area contributed by atoms with Crippen LogP contribution in [-0.4, -0.2) is 4.98 Å². The van der Waals surface area contributed by atoms with Gasteiger partial charge in [-0.25, -0.2) is 4.98 Å². The molecule has 1 aromatic carbocycles. The van der Waals surface area contributed by atoms with Gasteiger partial charge in [-0.2, -0.15) is 0 Å². The van der Waals surface area contributed by atoms with Crippen LogP contribution in [0.3, 0.4) is 0 Å². The fourth-order valence-corrected chi connectivity index (χ4v) is 2.55. The summed E-state index contributed by atoms with van der Waals surface area (Å²) in [5.41, 5.74) is 2.29. The van der Waals surface area contributed by atoms with Gasteiger partial charge in [0.15, 0.2) is 5.13 Å². The second kappa shape index (κ2) is 4.78. The van der Waals surface area contributed by atoms with Crippen molar-refractivity contribution in [2.75, 3.05) is 5.32 Å². The number of halogens is 1. The molecule has 0 aliphatic heterocycles. The molecule has 0 atom stereocenters. The molecule has 0 bridgehead atoms. The van der Waals surface area contributed by atoms with Gasteiger partial charge in [-0.15, -0.1) is 11.3 Å². The molecule has 1 heterocycles. The molecule has 1 N–H and O–H groups in total. The number of hydrogen-bond donors (Lipinski definition) is 1. The normalized spacial score (nSPS) is 11.5. The first kappa shape index (κ1) is 12.6. The van der Waals surface area contributed by atoms with Gasteiger partial charge in [0.2, 0.25) is 0 Å². The molecule has 2 nitrogen and oxygen atoms in total. The highest BCUT2D eigenvalue weighted by Gasteiger charge is 2.17. The topological polar surface area (TPSA) is 24.9 Å². The Hall–Kier alpha value is -0.870. The Morgan fingerprint density at radius 1 is 1.18 bits per heavy atom. The Kier molecular flexibility index (Phi) is 3.54. The van der Waals surface area contributed by atoms with E-state index >= 15 is 0 Å². The van der Waals surface area contributed by atoms with Crippen LogP contribution in [0.1, 0.15) is 26.5 Å². The first-order valence-electron chi connectivity index (χ1n) is 5.44. The van der Waals surface area contributed by atoms with Crippen molar-refractivity contribution >= 4 is 38.1 Å². The smallest absolute Gasteiger partial charge is 0.187 e. The second-order valence-electron chi connectivity index (χ2n) is 4.92. The van der Waals surface area contributed by atoms with Crippen molar-refractivity contribution in [3.8, 4) is 0 Å². The van der Waals surface area contributed by atoms with Crippen molar-refractivity contribution in [1.82, 2.24) is 4.98 Å². The minimum Gasteiger partial charge on any atom is -0.332 e. The fourth-order valence-electron chi connectivity index (χ4n) is 1.33. The lowest BCUT2D eigenvalue weighted by Gasteiger charge is -2.14. The summed E-state index contributed by atoms with van der Waals surface area (Å²) in [5.74, 6) is 0. The lowest BCUT2D eigenvalue weighted by Crippen LogP contribution is -2.11. The van der Waals surface area contributed by atoms with Gasteiger partial charge in [0, 0.05) is 21.0 Å². The van der Waals surface area contributed by atoms with Gasteiger partial charge in [-0.3, -0.25) is 0 Å². The van der Waals surface area contributed by atoms with E-state index < -0.39 is 0 Å². The predicted molar refractivity (Wildman–Crippen MR) is 78.2 cm³/mol. The predicted octanol–water partition coefficient (Wildman–Crippen LogP) is 4.95. The zero-order chi connectivity index (χ0) is 12.5. The molecule has 2 aromatic rings. The lowest BCUT2D eigenvalue weighted by atomic mass is 9.93. The van der Waals surface area contributed by atoms with Crippen LogP contribution in [0, 0.1) is 0 Å². The summed E-state index contributed by atoms with van der Waals surface area (Å²) in [6.07, 6.45) is 0. The molecule has 0 aliphatic carbocycles. The van der Waals surface area contributed by atoms with Gasteiger partial charge in [0.25, 0.3) is 0 Å². The molecule has 0 saturated carbocycles. The highest BCUT2D eigenvalue weighted by Crippen LogP contribution is 2.28. The van der Waals surface area contributed by atoms with Crippen LogP contribution in [0.5, 0.6) is 0 Å². The van der Waals surface area contributed by atoms with Crippen molar-refractivity contribution in [2.45, 2.75) is 26.2 Å². The maximum atomic E-state index is 4.59. The molecule has 0 amide bonds. The minimum atomic E-state index is 0.107. The van der Waals surface area contributed by atoms with E-state index in [-0.39, 0.29) is 5.41 Å². The molecule has 0 unspecified atom stereocenters. The number of hydrogen-bond acceptors (Lipinski definition) is 3. The van der Waals surface area contributed by atoms with Crippen molar-refractivity contribution in [3.63, 3.8) is 0 Å². The average Bonchev–Trinajstić information content (AvgIpc) is 2.69. The van der Waals surface area contributed by atoms with E-state index in [2.05, 4.69) is 52.4 Å². The third-order valence-electron chi connectivity index (χ3n) is 2.37. The van der Waals surface area contributed by atoms with Gasteiger partial charge in [-0.05, 0) is 24.3 Å². The van der Waals surface area contributed by atoms with Crippen LogP contribution in [-0.2, 0) is 5.41 Å². The maximum Gasteiger partial charge on any atom is 0.187 e. The monoisotopic (exact) mass is 310 g/mol. The third kappa shape index (κ3) is 3.30. The number of thiazole rings is 1. The van der Waals surface area contributed by atoms with Gasteiger partial charge >= 0.3 is 0 Å². The van der Waals surface area contributed by atoms with Gasteiger partial charge in [0.05, 0.1) is 5.69 Å². The van der Waals surface area contributed by atoms with Crippen LogP contribution >= 0.6 is 27.3 Å². The van der Waals surface area contributed by atoms with Crippen LogP contribution < -0.4 is 5.32 Å². The Morgan fingerprint density at radius 2 is 1.82 bits per heavy atom. The van der Waals surface area contributed by atoms with Gasteiger partial charge in [0.1, 0.15) is 0 Å². The zero-order valence-electron chi connectivity index (χ0n) is 10.1. The second-order valence-corrected chi connectivity index (χ2v) is 6.69. The van der Waals surface area contributed by atoms with E-state index in [0.29, 0.717) is 0 Å². The number of rotatable bonds is 2. The van der Waals surface area contributed by atoms with Crippen molar-refractivity contribution in [3.05, 3.63) is 39.8 Å². The molecule has 2 rings (SSSR count). The standard InChI is InChI=1S/C13H15BrN2S/c1-13(2,3)11-8-17-12(16-11)15-10-6-4-9(14)5-7-10/h4-8H,1-3H3,(H,15,16). The van der Waals surface area contributed by atoms with Gasteiger partial charge < -0.3 is 5.32 Å². The highest BCUT2D eigenvalue weighted by molar-refractivity contribution is 9.10. The van der Waals surface area contributed by atoms with Crippen LogP contribution in [0.2, 0.25) is 0 Å². The highest BCUT2D eigenvalue weighted by atomic mass is 79.9. The molecule has 0 spiro atoms. The maximum absolute atomic E-state index is 4.59. The first-order valence-corrected chi connectivity index (χ1v) is 7.11. The van der Waals surface area contributed by atoms with E-state index in [1.54, 1.807) is 11.3 Å². The zero-order valence-corrected chi connectivity index (χ0v) is 12.5. The summed E-state index contributed by atoms with van der Waals surface area (Å²) < 4.78 is 1.08. The molecule has 0 radical (unpaired) electrons. The number of benzene rings is 1. The summed E-state index contributed by atoms with van der Waals surface area (Å²) in [4.78, 5) is 4.59. The van der Waals surface area contributed by atoms with Crippen LogP contribution in [0.25, 0.3) is 0 Å². The molecular formula is C13H15BrN2S. The van der Waals surface area contributed by atoms with E-state index in [9.17, 15) is 0 Å². The van der Waals surface area contributed by atoms with E-state index in [1.807, 2.05) is 24.3 Å². The number of aromatic nitrogens is 1. The average molecular weight is 311 g/mol.